The number of halogens is 3. The van der Waals surface area contributed by atoms with Gasteiger partial charge in [-0.2, -0.15) is 8.78 Å². The van der Waals surface area contributed by atoms with Gasteiger partial charge in [-0.3, -0.25) is 4.79 Å². The predicted molar refractivity (Wildman–Crippen MR) is 80.1 cm³/mol. The molecule has 1 saturated carbocycles. The Kier molecular flexibility index (Phi) is 5.56. The fourth-order valence-corrected chi connectivity index (χ4v) is 3.42. The van der Waals surface area contributed by atoms with Gasteiger partial charge in [-0.05, 0) is 36.5 Å². The molecule has 1 N–H and O–H groups in total. The Labute approximate surface area is 131 Å². The van der Waals surface area contributed by atoms with Crippen LogP contribution >= 0.6 is 15.9 Å². The Morgan fingerprint density at radius 1 is 1.38 bits per heavy atom. The third-order valence-electron chi connectivity index (χ3n) is 3.89. The van der Waals surface area contributed by atoms with Gasteiger partial charge in [0, 0.05) is 17.4 Å². The lowest BCUT2D eigenvalue weighted by Crippen LogP contribution is -2.37. The highest BCUT2D eigenvalue weighted by Gasteiger charge is 2.33. The summed E-state index contributed by atoms with van der Waals surface area (Å²) in [4.78, 5) is 12.1. The normalized spacial score (nSPS) is 17.0. The molecule has 1 aliphatic carbocycles. The number of carbonyl (C=O) groups excluding carboxylic acids is 1. The molecule has 0 unspecified atom stereocenters. The molecular weight excluding hydrogens is 344 g/mol. The zero-order valence-electron chi connectivity index (χ0n) is 11.6. The minimum absolute atomic E-state index is 0.00581. The number of hydrogen-bond donors (Lipinski definition) is 1. The molecule has 0 heterocycles. The maximum Gasteiger partial charge on any atom is 0.387 e. The van der Waals surface area contributed by atoms with Crippen molar-refractivity contribution in [3.05, 3.63) is 29.8 Å². The molecule has 1 aromatic carbocycles. The van der Waals surface area contributed by atoms with E-state index in [9.17, 15) is 13.6 Å². The molecule has 0 saturated heterocycles. The van der Waals surface area contributed by atoms with E-state index in [4.69, 9.17) is 0 Å². The van der Waals surface area contributed by atoms with Gasteiger partial charge in [0.2, 0.25) is 0 Å². The quantitative estimate of drug-likeness (QED) is 0.778. The van der Waals surface area contributed by atoms with Crippen LogP contribution in [0.3, 0.4) is 0 Å². The number of nitrogens with one attached hydrogen (secondary N) is 1. The van der Waals surface area contributed by atoms with Crippen LogP contribution in [0, 0.1) is 5.41 Å². The second kappa shape index (κ2) is 7.20. The van der Waals surface area contributed by atoms with Crippen molar-refractivity contribution in [3.63, 3.8) is 0 Å². The number of rotatable bonds is 6. The minimum Gasteiger partial charge on any atom is -0.435 e. The van der Waals surface area contributed by atoms with E-state index >= 15 is 0 Å². The highest BCUT2D eigenvalue weighted by Crippen LogP contribution is 2.39. The van der Waals surface area contributed by atoms with Crippen LogP contribution in [-0.4, -0.2) is 24.4 Å². The summed E-state index contributed by atoms with van der Waals surface area (Å²) in [6.45, 7) is -2.30. The molecule has 1 amide bonds. The van der Waals surface area contributed by atoms with Crippen molar-refractivity contribution >= 4 is 21.8 Å². The number of amides is 1. The van der Waals surface area contributed by atoms with Crippen LogP contribution in [0.25, 0.3) is 0 Å². The van der Waals surface area contributed by atoms with E-state index in [0.29, 0.717) is 12.1 Å². The summed E-state index contributed by atoms with van der Waals surface area (Å²) >= 11 is 3.52. The monoisotopic (exact) mass is 361 g/mol. The highest BCUT2D eigenvalue weighted by atomic mass is 79.9. The summed E-state index contributed by atoms with van der Waals surface area (Å²) in [5.74, 6) is -0.268. The van der Waals surface area contributed by atoms with E-state index in [-0.39, 0.29) is 17.1 Å². The molecule has 0 radical (unpaired) electrons. The molecule has 0 atom stereocenters. The van der Waals surface area contributed by atoms with E-state index < -0.39 is 6.61 Å². The van der Waals surface area contributed by atoms with Crippen molar-refractivity contribution in [1.29, 1.82) is 0 Å². The molecule has 0 aliphatic heterocycles. The largest absolute Gasteiger partial charge is 0.435 e. The molecule has 3 nitrogen and oxygen atoms in total. The summed E-state index contributed by atoms with van der Waals surface area (Å²) in [5.41, 5.74) is 0.447. The van der Waals surface area contributed by atoms with Crippen molar-refractivity contribution in [2.45, 2.75) is 32.3 Å². The topological polar surface area (TPSA) is 38.3 Å². The number of carbonyl (C=O) groups is 1. The van der Waals surface area contributed by atoms with Crippen LogP contribution in [0.1, 0.15) is 36.0 Å². The Balaban J connectivity index is 1.96. The molecule has 6 heteroatoms. The maximum atomic E-state index is 12.2. The summed E-state index contributed by atoms with van der Waals surface area (Å²) in [6, 6.07) is 5.85. The van der Waals surface area contributed by atoms with E-state index in [0.717, 1.165) is 18.2 Å². The lowest BCUT2D eigenvalue weighted by molar-refractivity contribution is -0.0498. The molecule has 1 aliphatic rings. The molecule has 0 spiro atoms. The van der Waals surface area contributed by atoms with Gasteiger partial charge in [0.05, 0.1) is 0 Å². The average molecular weight is 362 g/mol. The van der Waals surface area contributed by atoms with Crippen LogP contribution in [0.2, 0.25) is 0 Å². The molecule has 0 aromatic heterocycles. The Morgan fingerprint density at radius 2 is 2.10 bits per heavy atom. The summed E-state index contributed by atoms with van der Waals surface area (Å²) in [7, 11) is 0. The van der Waals surface area contributed by atoms with Gasteiger partial charge in [0.15, 0.2) is 0 Å². The Hall–Kier alpha value is -1.17. The molecule has 1 fully saturated rings. The fraction of sp³-hybridized carbons (Fsp3) is 0.533. The third kappa shape index (κ3) is 4.40. The number of benzene rings is 1. The van der Waals surface area contributed by atoms with Crippen LogP contribution in [-0.2, 0) is 0 Å². The molecule has 2 rings (SSSR count). The predicted octanol–water partition coefficient (Wildman–Crippen LogP) is 3.97. The van der Waals surface area contributed by atoms with E-state index in [1.54, 1.807) is 6.07 Å². The van der Waals surface area contributed by atoms with Gasteiger partial charge in [-0.15, -0.1) is 0 Å². The van der Waals surface area contributed by atoms with E-state index in [1.165, 1.54) is 31.0 Å². The van der Waals surface area contributed by atoms with Gasteiger partial charge in [0.1, 0.15) is 5.75 Å². The standard InChI is InChI=1S/C15H18BrF2NO2/c16-9-15(6-1-2-7-15)10-19-13(20)11-4-3-5-12(8-11)21-14(17)18/h3-5,8,14H,1-2,6-7,9-10H2,(H,19,20). The smallest absolute Gasteiger partial charge is 0.387 e. The first-order chi connectivity index (χ1) is 10.0. The van der Waals surface area contributed by atoms with Crippen molar-refractivity contribution in [3.8, 4) is 5.75 Å². The first-order valence-electron chi connectivity index (χ1n) is 6.94. The second-order valence-electron chi connectivity index (χ2n) is 5.43. The Bertz CT molecular complexity index is 490. The van der Waals surface area contributed by atoms with Crippen molar-refractivity contribution in [1.82, 2.24) is 5.32 Å². The lowest BCUT2D eigenvalue weighted by atomic mass is 9.89. The van der Waals surface area contributed by atoms with Crippen LogP contribution in [0.5, 0.6) is 5.75 Å². The van der Waals surface area contributed by atoms with Crippen molar-refractivity contribution in [2.75, 3.05) is 11.9 Å². The first kappa shape index (κ1) is 16.2. The van der Waals surface area contributed by atoms with E-state index in [1.807, 2.05) is 0 Å². The SMILES string of the molecule is O=C(NCC1(CBr)CCCC1)c1cccc(OC(F)F)c1. The number of alkyl halides is 3. The molecule has 0 bridgehead atoms. The van der Waals surface area contributed by atoms with Crippen LogP contribution < -0.4 is 10.1 Å². The van der Waals surface area contributed by atoms with Crippen LogP contribution in [0.4, 0.5) is 8.78 Å². The number of ether oxygens (including phenoxy) is 1. The highest BCUT2D eigenvalue weighted by molar-refractivity contribution is 9.09. The van der Waals surface area contributed by atoms with Gasteiger partial charge in [0.25, 0.3) is 5.91 Å². The third-order valence-corrected chi connectivity index (χ3v) is 5.08. The first-order valence-corrected chi connectivity index (χ1v) is 8.06. The zero-order valence-corrected chi connectivity index (χ0v) is 13.2. The average Bonchev–Trinajstić information content (AvgIpc) is 2.94. The molecular formula is C15H18BrF2NO2. The summed E-state index contributed by atoms with van der Waals surface area (Å²) < 4.78 is 28.7. The van der Waals surface area contributed by atoms with Gasteiger partial charge in [-0.1, -0.05) is 34.8 Å². The fourth-order valence-electron chi connectivity index (χ4n) is 2.67. The molecule has 116 valence electrons. The molecule has 1 aromatic rings. The van der Waals surface area contributed by atoms with Crippen LogP contribution in [0.15, 0.2) is 24.3 Å². The van der Waals surface area contributed by atoms with Crippen molar-refractivity contribution < 1.29 is 18.3 Å². The lowest BCUT2D eigenvalue weighted by Gasteiger charge is -2.26. The minimum atomic E-state index is -2.89. The zero-order chi connectivity index (χ0) is 15.3. The van der Waals surface area contributed by atoms with Gasteiger partial charge < -0.3 is 10.1 Å². The second-order valence-corrected chi connectivity index (χ2v) is 5.99. The summed E-state index contributed by atoms with van der Waals surface area (Å²) in [6.07, 6.45) is 4.54. The van der Waals surface area contributed by atoms with Gasteiger partial charge in [-0.25, -0.2) is 0 Å². The molecule has 21 heavy (non-hydrogen) atoms. The van der Waals surface area contributed by atoms with Gasteiger partial charge >= 0.3 is 6.61 Å². The number of hydrogen-bond acceptors (Lipinski definition) is 2. The maximum absolute atomic E-state index is 12.2. The van der Waals surface area contributed by atoms with E-state index in [2.05, 4.69) is 26.0 Å². The van der Waals surface area contributed by atoms with Crippen molar-refractivity contribution in [2.24, 2.45) is 5.41 Å². The Morgan fingerprint density at radius 3 is 2.71 bits per heavy atom. The summed E-state index contributed by atoms with van der Waals surface area (Å²) in [5, 5.41) is 3.76.